The summed E-state index contributed by atoms with van der Waals surface area (Å²) in [4.78, 5) is 0. The zero-order chi connectivity index (χ0) is 7.68. The summed E-state index contributed by atoms with van der Waals surface area (Å²) in [6, 6.07) is 0. The summed E-state index contributed by atoms with van der Waals surface area (Å²) in [6.45, 7) is 2.07. The van der Waals surface area contributed by atoms with Crippen LogP contribution in [-0.2, 0) is 4.74 Å². The Kier molecular flexibility index (Phi) is 2.09. The maximum absolute atomic E-state index is 11.7. The van der Waals surface area contributed by atoms with Crippen molar-refractivity contribution in [3.05, 3.63) is 0 Å². The van der Waals surface area contributed by atoms with Crippen molar-refractivity contribution in [1.29, 1.82) is 0 Å². The van der Waals surface area contributed by atoms with Gasteiger partial charge in [-0.2, -0.15) is 0 Å². The summed E-state index contributed by atoms with van der Waals surface area (Å²) >= 11 is 0. The lowest BCUT2D eigenvalue weighted by Crippen LogP contribution is -2.57. The SMILES string of the molecule is FCCOC1[C@@H]2CNC[C@H]1C2. The second kappa shape index (κ2) is 3.07. The predicted octanol–water partition coefficient (Wildman–Crippen LogP) is 0.580. The molecule has 0 radical (unpaired) electrons. The van der Waals surface area contributed by atoms with E-state index in [-0.39, 0.29) is 13.3 Å². The fraction of sp³-hybridized carbons (Fsp3) is 1.00. The number of alkyl halides is 1. The first-order valence-corrected chi connectivity index (χ1v) is 4.30. The molecular formula is C8H14FNO. The van der Waals surface area contributed by atoms with Crippen molar-refractivity contribution in [3.63, 3.8) is 0 Å². The molecule has 1 unspecified atom stereocenters. The van der Waals surface area contributed by atoms with Gasteiger partial charge in [-0.15, -0.1) is 0 Å². The first-order chi connectivity index (χ1) is 5.42. The van der Waals surface area contributed by atoms with Crippen LogP contribution in [0.2, 0.25) is 0 Å². The van der Waals surface area contributed by atoms with E-state index in [4.69, 9.17) is 4.74 Å². The van der Waals surface area contributed by atoms with E-state index in [1.807, 2.05) is 0 Å². The van der Waals surface area contributed by atoms with Crippen LogP contribution in [0.25, 0.3) is 0 Å². The van der Waals surface area contributed by atoms with Crippen LogP contribution in [0.5, 0.6) is 0 Å². The van der Waals surface area contributed by atoms with Crippen LogP contribution < -0.4 is 5.32 Å². The highest BCUT2D eigenvalue weighted by Gasteiger charge is 2.44. The van der Waals surface area contributed by atoms with Gasteiger partial charge in [-0.05, 0) is 18.3 Å². The Morgan fingerprint density at radius 2 is 2.09 bits per heavy atom. The largest absolute Gasteiger partial charge is 0.375 e. The van der Waals surface area contributed by atoms with E-state index in [9.17, 15) is 4.39 Å². The van der Waals surface area contributed by atoms with E-state index in [1.165, 1.54) is 6.42 Å². The first kappa shape index (κ1) is 7.50. The molecule has 1 N–H and O–H groups in total. The van der Waals surface area contributed by atoms with Gasteiger partial charge in [0.25, 0.3) is 0 Å². The third kappa shape index (κ3) is 1.27. The van der Waals surface area contributed by atoms with E-state index in [2.05, 4.69) is 5.32 Å². The molecule has 64 valence electrons. The second-order valence-electron chi connectivity index (χ2n) is 3.44. The Hall–Kier alpha value is -0.150. The van der Waals surface area contributed by atoms with E-state index >= 15 is 0 Å². The fourth-order valence-electron chi connectivity index (χ4n) is 2.15. The Bertz CT molecular complexity index is 128. The molecule has 0 spiro atoms. The summed E-state index contributed by atoms with van der Waals surface area (Å²) in [5.41, 5.74) is 0. The Morgan fingerprint density at radius 3 is 2.64 bits per heavy atom. The van der Waals surface area contributed by atoms with Crippen molar-refractivity contribution in [2.45, 2.75) is 12.5 Å². The van der Waals surface area contributed by atoms with Crippen molar-refractivity contribution in [1.82, 2.24) is 5.32 Å². The molecule has 3 fully saturated rings. The van der Waals surface area contributed by atoms with Crippen LogP contribution >= 0.6 is 0 Å². The van der Waals surface area contributed by atoms with Crippen LogP contribution in [0, 0.1) is 11.8 Å². The average molecular weight is 159 g/mol. The molecular weight excluding hydrogens is 145 g/mol. The number of ether oxygens (including phenoxy) is 1. The number of fused-ring (bicyclic) bond motifs is 2. The van der Waals surface area contributed by atoms with Gasteiger partial charge in [0.15, 0.2) is 0 Å². The molecule has 1 saturated carbocycles. The van der Waals surface area contributed by atoms with Crippen molar-refractivity contribution in [2.75, 3.05) is 26.4 Å². The molecule has 0 aromatic heterocycles. The molecule has 2 aliphatic heterocycles. The van der Waals surface area contributed by atoms with Crippen molar-refractivity contribution in [2.24, 2.45) is 11.8 Å². The topological polar surface area (TPSA) is 21.3 Å². The van der Waals surface area contributed by atoms with Gasteiger partial charge in [0.1, 0.15) is 6.67 Å². The van der Waals surface area contributed by atoms with Gasteiger partial charge in [0.2, 0.25) is 0 Å². The molecule has 3 heteroatoms. The fourth-order valence-corrected chi connectivity index (χ4v) is 2.15. The highest BCUT2D eigenvalue weighted by molar-refractivity contribution is 4.96. The van der Waals surface area contributed by atoms with Gasteiger partial charge in [-0.3, -0.25) is 0 Å². The van der Waals surface area contributed by atoms with Gasteiger partial charge < -0.3 is 10.1 Å². The number of halogens is 1. The highest BCUT2D eigenvalue weighted by atomic mass is 19.1. The maximum atomic E-state index is 11.7. The standard InChI is InChI=1S/C8H14FNO/c9-1-2-11-8-6-3-7(8)5-10-4-6/h6-8,10H,1-5H2/t6-,7+,8?. The molecule has 0 aromatic rings. The minimum Gasteiger partial charge on any atom is -0.375 e. The normalized spacial score (nSPS) is 41.7. The maximum Gasteiger partial charge on any atom is 0.113 e. The lowest BCUT2D eigenvalue weighted by atomic mass is 9.69. The van der Waals surface area contributed by atoms with Gasteiger partial charge >= 0.3 is 0 Å². The van der Waals surface area contributed by atoms with Crippen LogP contribution in [-0.4, -0.2) is 32.5 Å². The summed E-state index contributed by atoms with van der Waals surface area (Å²) in [7, 11) is 0. The molecule has 3 aliphatic rings. The number of hydrogen-bond donors (Lipinski definition) is 1. The molecule has 2 saturated heterocycles. The highest BCUT2D eigenvalue weighted by Crippen LogP contribution is 2.38. The van der Waals surface area contributed by atoms with Crippen molar-refractivity contribution < 1.29 is 9.13 Å². The summed E-state index contributed by atoms with van der Waals surface area (Å²) < 4.78 is 17.1. The summed E-state index contributed by atoms with van der Waals surface area (Å²) in [6.07, 6.45) is 1.65. The van der Waals surface area contributed by atoms with Crippen molar-refractivity contribution >= 4 is 0 Å². The zero-order valence-electron chi connectivity index (χ0n) is 6.55. The van der Waals surface area contributed by atoms with Crippen LogP contribution in [0.15, 0.2) is 0 Å². The minimum atomic E-state index is -0.344. The van der Waals surface area contributed by atoms with Gasteiger partial charge in [0, 0.05) is 13.1 Å². The molecule has 2 bridgehead atoms. The smallest absolute Gasteiger partial charge is 0.113 e. The first-order valence-electron chi connectivity index (χ1n) is 4.30. The molecule has 2 heterocycles. The molecule has 3 atom stereocenters. The Balaban J connectivity index is 1.77. The molecule has 11 heavy (non-hydrogen) atoms. The van der Waals surface area contributed by atoms with Crippen LogP contribution in [0.3, 0.4) is 0 Å². The minimum absolute atomic E-state index is 0.289. The summed E-state index contributed by atoms with van der Waals surface area (Å²) in [5, 5.41) is 3.32. The lowest BCUT2D eigenvalue weighted by Gasteiger charge is -2.49. The van der Waals surface area contributed by atoms with Crippen molar-refractivity contribution in [3.8, 4) is 0 Å². The van der Waals surface area contributed by atoms with Crippen LogP contribution in [0.4, 0.5) is 4.39 Å². The van der Waals surface area contributed by atoms with Crippen LogP contribution in [0.1, 0.15) is 6.42 Å². The average Bonchev–Trinajstić information content (AvgIpc) is 2.06. The van der Waals surface area contributed by atoms with Gasteiger partial charge in [-0.1, -0.05) is 0 Å². The molecule has 0 amide bonds. The lowest BCUT2D eigenvalue weighted by molar-refractivity contribution is -0.113. The van der Waals surface area contributed by atoms with E-state index in [0.717, 1.165) is 13.1 Å². The number of nitrogens with one attached hydrogen (secondary N) is 1. The zero-order valence-corrected chi connectivity index (χ0v) is 6.55. The third-order valence-electron chi connectivity index (χ3n) is 2.74. The molecule has 1 aliphatic carbocycles. The monoisotopic (exact) mass is 159 g/mol. The quantitative estimate of drug-likeness (QED) is 0.650. The third-order valence-corrected chi connectivity index (χ3v) is 2.74. The number of rotatable bonds is 3. The number of hydrogen-bond acceptors (Lipinski definition) is 2. The van der Waals surface area contributed by atoms with Gasteiger partial charge in [-0.25, -0.2) is 4.39 Å². The summed E-state index contributed by atoms with van der Waals surface area (Å²) in [5.74, 6) is 1.33. The molecule has 0 aromatic carbocycles. The Labute approximate surface area is 66.1 Å². The van der Waals surface area contributed by atoms with E-state index in [0.29, 0.717) is 17.9 Å². The van der Waals surface area contributed by atoms with E-state index < -0.39 is 0 Å². The Morgan fingerprint density at radius 1 is 1.36 bits per heavy atom. The predicted molar refractivity (Wildman–Crippen MR) is 40.2 cm³/mol. The molecule has 3 rings (SSSR count). The second-order valence-corrected chi connectivity index (χ2v) is 3.44. The van der Waals surface area contributed by atoms with Gasteiger partial charge in [0.05, 0.1) is 12.7 Å². The number of piperidine rings is 2. The van der Waals surface area contributed by atoms with E-state index in [1.54, 1.807) is 0 Å². The molecule has 2 nitrogen and oxygen atoms in total.